The van der Waals surface area contributed by atoms with Crippen LogP contribution < -0.4 is 10.6 Å². The predicted octanol–water partition coefficient (Wildman–Crippen LogP) is -0.349. The molecule has 2 unspecified atom stereocenters. The van der Waals surface area contributed by atoms with Gasteiger partial charge in [-0.1, -0.05) is 11.6 Å². The van der Waals surface area contributed by atoms with Gasteiger partial charge < -0.3 is 9.47 Å². The number of carbonyl (C=O) groups excluding carboxylic acids is 1. The first-order valence-electron chi connectivity index (χ1n) is 5.02. The zero-order chi connectivity index (χ0) is 12.4. The Bertz CT molecular complexity index is 558. The molecule has 1 aromatic heterocycles. The maximum Gasteiger partial charge on any atom is 0.303 e. The molecule has 1 aromatic rings. The van der Waals surface area contributed by atoms with E-state index in [-0.39, 0.29) is 12.1 Å². The van der Waals surface area contributed by atoms with E-state index in [0.717, 1.165) is 0 Å². The molecule has 0 aromatic carbocycles. The topological polar surface area (TPSA) is 61.3 Å². The molecule has 0 saturated heterocycles. The van der Waals surface area contributed by atoms with Crippen LogP contribution in [0.3, 0.4) is 0 Å². The van der Waals surface area contributed by atoms with E-state index in [1.165, 1.54) is 13.3 Å². The highest BCUT2D eigenvalue weighted by atomic mass is 35.5. The maximum absolute atomic E-state index is 11.0. The van der Waals surface area contributed by atoms with E-state index >= 15 is 0 Å². The molecule has 0 saturated carbocycles. The van der Waals surface area contributed by atoms with Crippen LogP contribution in [0.2, 0.25) is 5.15 Å². The van der Waals surface area contributed by atoms with Crippen molar-refractivity contribution < 1.29 is 14.3 Å². The third-order valence-electron chi connectivity index (χ3n) is 2.42. The van der Waals surface area contributed by atoms with Crippen molar-refractivity contribution in [3.8, 4) is 0 Å². The highest BCUT2D eigenvalue weighted by Gasteiger charge is 2.23. The van der Waals surface area contributed by atoms with Gasteiger partial charge in [0.15, 0.2) is 6.10 Å². The Labute approximate surface area is 103 Å². The second-order valence-corrected chi connectivity index (χ2v) is 3.93. The number of ether oxygens (including phenoxy) is 2. The van der Waals surface area contributed by atoms with Gasteiger partial charge in [0, 0.05) is 19.3 Å². The number of esters is 1. The number of nitrogens with zero attached hydrogens (tertiary/aromatic N) is 2. The number of hydrogen-bond acceptors (Lipinski definition) is 5. The van der Waals surface area contributed by atoms with E-state index in [1.807, 2.05) is 0 Å². The molecule has 6 heteroatoms. The molecule has 0 N–H and O–H groups in total. The highest BCUT2D eigenvalue weighted by molar-refractivity contribution is 6.29. The summed E-state index contributed by atoms with van der Waals surface area (Å²) in [7, 11) is 1.54. The molecule has 1 heterocycles. The molecule has 0 aliphatic heterocycles. The first-order valence-corrected chi connectivity index (χ1v) is 5.40. The Kier molecular flexibility index (Phi) is 3.40. The molecular weight excluding hydrogens is 244 g/mol. The molecule has 0 spiro atoms. The SMILES string of the molecule is COC1C=c2ncnc(Cl)c2=CC1OC(C)=O. The fourth-order valence-electron chi connectivity index (χ4n) is 1.68. The minimum absolute atomic E-state index is 0.331. The Hall–Kier alpha value is -1.46. The van der Waals surface area contributed by atoms with Crippen molar-refractivity contribution >= 4 is 29.7 Å². The lowest BCUT2D eigenvalue weighted by atomic mass is 10.1. The number of carbonyl (C=O) groups is 1. The molecule has 0 bridgehead atoms. The molecule has 1 aliphatic rings. The minimum Gasteiger partial charge on any atom is -0.455 e. The summed E-state index contributed by atoms with van der Waals surface area (Å²) < 4.78 is 10.4. The van der Waals surface area contributed by atoms with E-state index < -0.39 is 6.10 Å². The molecule has 0 amide bonds. The first kappa shape index (κ1) is 12.0. The summed E-state index contributed by atoms with van der Waals surface area (Å²) in [5.74, 6) is -0.377. The lowest BCUT2D eigenvalue weighted by Gasteiger charge is -2.22. The third kappa shape index (κ3) is 2.45. The van der Waals surface area contributed by atoms with Crippen molar-refractivity contribution in [1.29, 1.82) is 0 Å². The molecule has 17 heavy (non-hydrogen) atoms. The predicted molar refractivity (Wildman–Crippen MR) is 61.6 cm³/mol. The quantitative estimate of drug-likeness (QED) is 0.533. The van der Waals surface area contributed by atoms with Gasteiger partial charge in [-0.25, -0.2) is 9.97 Å². The summed E-state index contributed by atoms with van der Waals surface area (Å²) >= 11 is 5.95. The molecule has 0 radical (unpaired) electrons. The van der Waals surface area contributed by atoms with Crippen LogP contribution in [0.4, 0.5) is 0 Å². The van der Waals surface area contributed by atoms with Gasteiger partial charge in [0.2, 0.25) is 0 Å². The second kappa shape index (κ2) is 4.81. The minimum atomic E-state index is -0.506. The van der Waals surface area contributed by atoms with Crippen LogP contribution in [0, 0.1) is 0 Å². The van der Waals surface area contributed by atoms with Crippen molar-refractivity contribution in [1.82, 2.24) is 9.97 Å². The zero-order valence-electron chi connectivity index (χ0n) is 9.38. The van der Waals surface area contributed by atoms with Crippen molar-refractivity contribution in [3.63, 3.8) is 0 Å². The Morgan fingerprint density at radius 1 is 1.35 bits per heavy atom. The van der Waals surface area contributed by atoms with E-state index in [4.69, 9.17) is 21.1 Å². The number of halogens is 1. The van der Waals surface area contributed by atoms with Crippen molar-refractivity contribution in [2.45, 2.75) is 19.1 Å². The van der Waals surface area contributed by atoms with Crippen molar-refractivity contribution in [2.75, 3.05) is 7.11 Å². The van der Waals surface area contributed by atoms with Crippen LogP contribution in [0.25, 0.3) is 12.2 Å². The van der Waals surface area contributed by atoms with Gasteiger partial charge in [0.1, 0.15) is 17.6 Å². The van der Waals surface area contributed by atoms with E-state index in [0.29, 0.717) is 15.7 Å². The van der Waals surface area contributed by atoms with E-state index in [1.54, 1.807) is 19.3 Å². The van der Waals surface area contributed by atoms with Gasteiger partial charge in [-0.2, -0.15) is 0 Å². The van der Waals surface area contributed by atoms with Crippen LogP contribution in [0.1, 0.15) is 6.92 Å². The number of fused-ring (bicyclic) bond motifs is 1. The molecule has 0 fully saturated rings. The molecule has 5 nitrogen and oxygen atoms in total. The van der Waals surface area contributed by atoms with E-state index in [2.05, 4.69) is 9.97 Å². The summed E-state index contributed by atoms with van der Waals surface area (Å²) in [5.41, 5.74) is 0. The standard InChI is InChI=1S/C11H11ClN2O3/c1-6(15)17-10-3-7-8(4-9(10)16-2)13-5-14-11(7)12/h3-5,9-10H,1-2H3. The lowest BCUT2D eigenvalue weighted by molar-refractivity contribution is -0.146. The lowest BCUT2D eigenvalue weighted by Crippen LogP contribution is -2.43. The van der Waals surface area contributed by atoms with Crippen LogP contribution in [0.5, 0.6) is 0 Å². The van der Waals surface area contributed by atoms with E-state index in [9.17, 15) is 4.79 Å². The van der Waals surface area contributed by atoms with Crippen LogP contribution in [-0.2, 0) is 14.3 Å². The monoisotopic (exact) mass is 254 g/mol. The molecular formula is C11H11ClN2O3. The largest absolute Gasteiger partial charge is 0.455 e. The third-order valence-corrected chi connectivity index (χ3v) is 2.72. The fourth-order valence-corrected chi connectivity index (χ4v) is 1.88. The number of hydrogen-bond donors (Lipinski definition) is 0. The number of aromatic nitrogens is 2. The van der Waals surface area contributed by atoms with Gasteiger partial charge >= 0.3 is 5.97 Å². The van der Waals surface area contributed by atoms with Gasteiger partial charge in [-0.3, -0.25) is 4.79 Å². The Morgan fingerprint density at radius 3 is 2.76 bits per heavy atom. The van der Waals surface area contributed by atoms with Crippen molar-refractivity contribution in [2.24, 2.45) is 0 Å². The average Bonchev–Trinajstić information content (AvgIpc) is 2.29. The van der Waals surface area contributed by atoms with Gasteiger partial charge in [0.25, 0.3) is 0 Å². The first-order chi connectivity index (χ1) is 8.11. The summed E-state index contributed by atoms with van der Waals surface area (Å²) in [6.07, 6.45) is 3.97. The summed E-state index contributed by atoms with van der Waals surface area (Å²) in [6, 6.07) is 0. The second-order valence-electron chi connectivity index (χ2n) is 3.57. The van der Waals surface area contributed by atoms with Crippen LogP contribution in [0.15, 0.2) is 6.33 Å². The number of rotatable bonds is 2. The smallest absolute Gasteiger partial charge is 0.303 e. The molecule has 1 aliphatic carbocycles. The maximum atomic E-state index is 11.0. The van der Waals surface area contributed by atoms with Crippen LogP contribution >= 0.6 is 11.6 Å². The fraction of sp³-hybridized carbons (Fsp3) is 0.364. The highest BCUT2D eigenvalue weighted by Crippen LogP contribution is 2.10. The summed E-state index contributed by atoms with van der Waals surface area (Å²) in [5, 5.41) is 1.67. The Balaban J connectivity index is 2.51. The summed E-state index contributed by atoms with van der Waals surface area (Å²) in [4.78, 5) is 19.0. The summed E-state index contributed by atoms with van der Waals surface area (Å²) in [6.45, 7) is 1.35. The van der Waals surface area contributed by atoms with Crippen molar-refractivity contribution in [3.05, 3.63) is 22.0 Å². The van der Waals surface area contributed by atoms with Gasteiger partial charge in [-0.15, -0.1) is 0 Å². The molecule has 2 rings (SSSR count). The van der Waals surface area contributed by atoms with Gasteiger partial charge in [0.05, 0.1) is 5.35 Å². The zero-order valence-corrected chi connectivity index (χ0v) is 10.1. The molecule has 90 valence electrons. The normalized spacial score (nSPS) is 22.1. The average molecular weight is 255 g/mol. The van der Waals surface area contributed by atoms with Crippen LogP contribution in [-0.4, -0.2) is 35.3 Å². The van der Waals surface area contributed by atoms with Gasteiger partial charge in [-0.05, 0) is 12.2 Å². The Morgan fingerprint density at radius 2 is 2.12 bits per heavy atom. The molecule has 2 atom stereocenters. The number of methoxy groups -OCH3 is 1.